The Morgan fingerprint density at radius 1 is 1.02 bits per heavy atom. The minimum Gasteiger partial charge on any atom is -0.487 e. The Hall–Kier alpha value is -3.38. The molecule has 3 heterocycles. The van der Waals surface area contributed by atoms with Crippen molar-refractivity contribution in [1.29, 1.82) is 0 Å². The second kappa shape index (κ2) is 15.1. The van der Waals surface area contributed by atoms with E-state index in [0.717, 1.165) is 38.9 Å². The standard InChI is InChI=1S/C22H32N4O3S.2C2HF3O2/c1-17(2)8-13-26-19-9-11-25(16-18-14-23-24(3)15-18)12-10-20(19)29-21-6-4-5-7-22(21)30(26,27)28;2*3-2(4,5)1(6)7/h4-7,14-15,17,19-20H,8-13,16H2,1-3H3;2*(H,6,7)/t19-,20-;;/m0../s1. The molecule has 1 fully saturated rings. The van der Waals surface area contributed by atoms with Crippen LogP contribution in [0.15, 0.2) is 41.6 Å². The molecule has 0 aliphatic carbocycles. The number of rotatable bonds is 5. The number of carboxylic acid groups (broad SMARTS) is 2. The number of aromatic nitrogens is 2. The number of para-hydroxylation sites is 1. The molecule has 0 saturated carbocycles. The molecule has 0 spiro atoms. The van der Waals surface area contributed by atoms with Crippen molar-refractivity contribution < 1.29 is 59.3 Å². The van der Waals surface area contributed by atoms with E-state index in [-0.39, 0.29) is 12.1 Å². The maximum atomic E-state index is 13.6. The van der Waals surface area contributed by atoms with Crippen LogP contribution in [0.4, 0.5) is 26.3 Å². The zero-order valence-electron chi connectivity index (χ0n) is 24.0. The van der Waals surface area contributed by atoms with Crippen LogP contribution in [-0.2, 0) is 33.2 Å². The van der Waals surface area contributed by atoms with Gasteiger partial charge in [-0.25, -0.2) is 18.0 Å². The number of likely N-dealkylation sites (tertiary alicyclic amines) is 1. The van der Waals surface area contributed by atoms with E-state index in [1.807, 2.05) is 30.2 Å². The van der Waals surface area contributed by atoms with Crippen molar-refractivity contribution in [2.45, 2.75) is 69.0 Å². The summed E-state index contributed by atoms with van der Waals surface area (Å²) in [5.74, 6) is -4.59. The van der Waals surface area contributed by atoms with Gasteiger partial charge in [-0.05, 0) is 37.3 Å². The molecule has 2 atom stereocenters. The van der Waals surface area contributed by atoms with Crippen LogP contribution < -0.4 is 4.74 Å². The maximum absolute atomic E-state index is 13.6. The average molecular weight is 661 g/mol. The predicted molar refractivity (Wildman–Crippen MR) is 143 cm³/mol. The first-order chi connectivity index (χ1) is 20.2. The van der Waals surface area contributed by atoms with E-state index in [1.54, 1.807) is 22.5 Å². The number of sulfonamides is 1. The van der Waals surface area contributed by atoms with Crippen molar-refractivity contribution in [2.75, 3.05) is 19.6 Å². The molecule has 11 nitrogen and oxygen atoms in total. The lowest BCUT2D eigenvalue weighted by Gasteiger charge is -2.32. The van der Waals surface area contributed by atoms with Gasteiger partial charge < -0.3 is 14.9 Å². The third-order valence-electron chi connectivity index (χ3n) is 6.56. The zero-order chi connectivity index (χ0) is 33.5. The minimum absolute atomic E-state index is 0.144. The number of alkyl halides is 6. The molecular formula is C26H34F6N4O7S. The second-order valence-electron chi connectivity index (χ2n) is 10.5. The van der Waals surface area contributed by atoms with Crippen molar-refractivity contribution in [3.8, 4) is 5.75 Å². The Balaban J connectivity index is 0.000000402. The molecule has 2 aliphatic rings. The number of aryl methyl sites for hydroxylation is 1. The number of hydrogen-bond donors (Lipinski definition) is 2. The first-order valence-electron chi connectivity index (χ1n) is 13.3. The summed E-state index contributed by atoms with van der Waals surface area (Å²) in [6.07, 6.45) is -3.98. The molecule has 2 aromatic rings. The molecule has 0 amide bonds. The highest BCUT2D eigenvalue weighted by Gasteiger charge is 2.43. The molecule has 1 saturated heterocycles. The number of ether oxygens (including phenoxy) is 1. The van der Waals surface area contributed by atoms with Crippen molar-refractivity contribution in [1.82, 2.24) is 19.0 Å². The SMILES string of the molecule is CC(C)CCN1[C@H]2CCN(Cc3cnn(C)c3)CC[C@@H]2Oc2ccccc2S1(=O)=O.O=C(O)C(F)(F)F.O=C(O)C(F)(F)F. The van der Waals surface area contributed by atoms with E-state index in [4.69, 9.17) is 24.5 Å². The van der Waals surface area contributed by atoms with Gasteiger partial charge in [0.25, 0.3) is 0 Å². The van der Waals surface area contributed by atoms with Crippen molar-refractivity contribution in [3.05, 3.63) is 42.2 Å². The molecule has 0 unspecified atom stereocenters. The Morgan fingerprint density at radius 2 is 1.57 bits per heavy atom. The monoisotopic (exact) mass is 660 g/mol. The Bertz CT molecular complexity index is 1340. The van der Waals surface area contributed by atoms with E-state index >= 15 is 0 Å². The molecule has 1 aromatic heterocycles. The number of carbonyl (C=O) groups is 2. The quantitative estimate of drug-likeness (QED) is 0.453. The lowest BCUT2D eigenvalue weighted by molar-refractivity contribution is -0.193. The molecule has 1 aromatic carbocycles. The van der Waals surface area contributed by atoms with Crippen LogP contribution in [0.3, 0.4) is 0 Å². The molecular weight excluding hydrogens is 626 g/mol. The highest BCUT2D eigenvalue weighted by molar-refractivity contribution is 7.89. The summed E-state index contributed by atoms with van der Waals surface area (Å²) in [7, 11) is -1.67. The summed E-state index contributed by atoms with van der Waals surface area (Å²) >= 11 is 0. The lowest BCUT2D eigenvalue weighted by Crippen LogP contribution is -2.47. The summed E-state index contributed by atoms with van der Waals surface area (Å²) in [4.78, 5) is 20.5. The fourth-order valence-electron chi connectivity index (χ4n) is 4.45. The van der Waals surface area contributed by atoms with E-state index in [2.05, 4.69) is 23.8 Å². The van der Waals surface area contributed by atoms with Gasteiger partial charge in [-0.1, -0.05) is 26.0 Å². The van der Waals surface area contributed by atoms with Crippen LogP contribution in [0.2, 0.25) is 0 Å². The summed E-state index contributed by atoms with van der Waals surface area (Å²) < 4.78 is 101. The van der Waals surface area contributed by atoms with Crippen molar-refractivity contribution in [2.24, 2.45) is 13.0 Å². The number of aliphatic carboxylic acids is 2. The third kappa shape index (κ3) is 10.7. The van der Waals surface area contributed by atoms with Crippen molar-refractivity contribution >= 4 is 22.0 Å². The fourth-order valence-corrected chi connectivity index (χ4v) is 6.27. The van der Waals surface area contributed by atoms with E-state index in [9.17, 15) is 34.8 Å². The van der Waals surface area contributed by atoms with Crippen LogP contribution in [-0.4, -0.2) is 93.7 Å². The highest BCUT2D eigenvalue weighted by atomic mass is 32.2. The van der Waals surface area contributed by atoms with Crippen LogP contribution >= 0.6 is 0 Å². The van der Waals surface area contributed by atoms with Gasteiger partial charge in [0.05, 0.1) is 12.2 Å². The zero-order valence-corrected chi connectivity index (χ0v) is 24.9. The Kier molecular flexibility index (Phi) is 12.6. The van der Waals surface area contributed by atoms with Gasteiger partial charge in [0.15, 0.2) is 0 Å². The molecule has 248 valence electrons. The molecule has 2 aliphatic heterocycles. The lowest BCUT2D eigenvalue weighted by atomic mass is 10.0. The number of fused-ring (bicyclic) bond motifs is 2. The van der Waals surface area contributed by atoms with Gasteiger partial charge in [0.2, 0.25) is 10.0 Å². The first-order valence-corrected chi connectivity index (χ1v) is 14.7. The number of nitrogens with zero attached hydrogens (tertiary/aromatic N) is 4. The molecule has 18 heteroatoms. The normalized spacial score (nSPS) is 20.3. The average Bonchev–Trinajstić information content (AvgIpc) is 3.17. The summed E-state index contributed by atoms with van der Waals surface area (Å²) in [5.41, 5.74) is 1.18. The second-order valence-corrected chi connectivity index (χ2v) is 12.3. The van der Waals surface area contributed by atoms with E-state index in [1.165, 1.54) is 5.56 Å². The number of halogens is 6. The van der Waals surface area contributed by atoms with Gasteiger partial charge in [-0.3, -0.25) is 9.58 Å². The highest BCUT2D eigenvalue weighted by Crippen LogP contribution is 2.37. The summed E-state index contributed by atoms with van der Waals surface area (Å²) in [6.45, 7) is 7.33. The van der Waals surface area contributed by atoms with Crippen LogP contribution in [0.5, 0.6) is 5.75 Å². The molecule has 0 bridgehead atoms. The van der Waals surface area contributed by atoms with E-state index < -0.39 is 34.3 Å². The molecule has 0 radical (unpaired) electrons. The predicted octanol–water partition coefficient (Wildman–Crippen LogP) is 4.15. The maximum Gasteiger partial charge on any atom is 0.490 e. The van der Waals surface area contributed by atoms with Gasteiger partial charge in [-0.15, -0.1) is 0 Å². The Labute approximate surface area is 250 Å². The van der Waals surface area contributed by atoms with Gasteiger partial charge >= 0.3 is 24.3 Å². The first kappa shape index (κ1) is 36.8. The number of benzene rings is 1. The largest absolute Gasteiger partial charge is 0.490 e. The van der Waals surface area contributed by atoms with E-state index in [0.29, 0.717) is 23.1 Å². The van der Waals surface area contributed by atoms with Gasteiger partial charge in [0, 0.05) is 45.0 Å². The summed E-state index contributed by atoms with van der Waals surface area (Å²) in [5, 5.41) is 18.5. The fraction of sp³-hybridized carbons (Fsp3) is 0.577. The molecule has 4 rings (SSSR count). The molecule has 44 heavy (non-hydrogen) atoms. The number of carboxylic acids is 2. The van der Waals surface area contributed by atoms with Crippen LogP contribution in [0.1, 0.15) is 38.7 Å². The van der Waals surface area contributed by atoms with Crippen molar-refractivity contribution in [3.63, 3.8) is 0 Å². The Morgan fingerprint density at radius 3 is 2.07 bits per heavy atom. The minimum atomic E-state index is -5.08. The molecule has 2 N–H and O–H groups in total. The van der Waals surface area contributed by atoms with Crippen LogP contribution in [0, 0.1) is 5.92 Å². The van der Waals surface area contributed by atoms with Gasteiger partial charge in [-0.2, -0.15) is 35.7 Å². The number of hydrogen-bond acceptors (Lipinski definition) is 7. The van der Waals surface area contributed by atoms with Crippen LogP contribution in [0.25, 0.3) is 0 Å². The smallest absolute Gasteiger partial charge is 0.487 e. The van der Waals surface area contributed by atoms with Gasteiger partial charge in [0.1, 0.15) is 16.7 Å². The summed E-state index contributed by atoms with van der Waals surface area (Å²) in [6, 6.07) is 6.93. The topological polar surface area (TPSA) is 142 Å². The third-order valence-corrected chi connectivity index (χ3v) is 8.52.